The Morgan fingerprint density at radius 1 is 1.03 bits per heavy atom. The zero-order chi connectivity index (χ0) is 23.5. The monoisotopic (exact) mass is 484 g/mol. The molecule has 1 amide bonds. The summed E-state index contributed by atoms with van der Waals surface area (Å²) in [4.78, 5) is 17.8. The number of fused-ring (bicyclic) bond motifs is 1. The van der Waals surface area contributed by atoms with Crippen molar-refractivity contribution in [3.05, 3.63) is 117 Å². The molecule has 3 aliphatic rings. The number of benzene rings is 3. The second kappa shape index (κ2) is 7.79. The molecule has 0 saturated carbocycles. The molecule has 1 unspecified atom stereocenters. The fourth-order valence-corrected chi connectivity index (χ4v) is 7.16. The molecule has 34 heavy (non-hydrogen) atoms. The first-order chi connectivity index (χ1) is 16.4. The third-order valence-corrected chi connectivity index (χ3v) is 8.79. The Morgan fingerprint density at radius 2 is 1.65 bits per heavy atom. The van der Waals surface area contributed by atoms with Gasteiger partial charge in [-0.25, -0.2) is 4.98 Å². The summed E-state index contributed by atoms with van der Waals surface area (Å²) < 4.78 is 0. The largest absolute Gasteiger partial charge is 0.301 e. The maximum Gasteiger partial charge on any atom is 0.233 e. The van der Waals surface area contributed by atoms with E-state index in [1.54, 1.807) is 0 Å². The second-order valence-corrected chi connectivity index (χ2v) is 11.3. The van der Waals surface area contributed by atoms with E-state index in [1.165, 1.54) is 22.5 Å². The van der Waals surface area contributed by atoms with Crippen molar-refractivity contribution in [3.63, 3.8) is 0 Å². The van der Waals surface area contributed by atoms with Crippen LogP contribution in [0.2, 0.25) is 0 Å². The molecule has 5 heteroatoms. The van der Waals surface area contributed by atoms with Gasteiger partial charge in [-0.3, -0.25) is 4.79 Å². The minimum atomic E-state index is -0.715. The standard InChI is InChI=1S/C29H25ClN2OS/c1-18-11-13-19(14-12-18)15-20-16-34-27(31-20)32-26(33)28(2)17-29(30)23-9-5-3-7-21(23)25(28)22-8-4-6-10-24(22)29/h3-14,16,25H,15,17H2,1-2H3,(H,31,32,33). The smallest absolute Gasteiger partial charge is 0.233 e. The van der Waals surface area contributed by atoms with Crippen LogP contribution >= 0.6 is 22.9 Å². The summed E-state index contributed by atoms with van der Waals surface area (Å²) >= 11 is 8.88. The van der Waals surface area contributed by atoms with Crippen LogP contribution in [0.25, 0.3) is 0 Å². The Kier molecular flexibility index (Phi) is 4.94. The highest BCUT2D eigenvalue weighted by molar-refractivity contribution is 7.13. The molecule has 7 rings (SSSR count). The van der Waals surface area contributed by atoms with Gasteiger partial charge >= 0.3 is 0 Å². The van der Waals surface area contributed by atoms with Gasteiger partial charge in [-0.05, 0) is 48.1 Å². The molecule has 4 aromatic rings. The van der Waals surface area contributed by atoms with Crippen LogP contribution in [0.15, 0.2) is 78.2 Å². The number of aryl methyl sites for hydroxylation is 1. The predicted molar refractivity (Wildman–Crippen MR) is 139 cm³/mol. The van der Waals surface area contributed by atoms with E-state index in [-0.39, 0.29) is 11.8 Å². The molecule has 0 spiro atoms. The maximum absolute atomic E-state index is 13.8. The number of amides is 1. The van der Waals surface area contributed by atoms with Crippen LogP contribution in [0.5, 0.6) is 0 Å². The number of nitrogens with one attached hydrogen (secondary N) is 1. The molecular formula is C29H25ClN2OS. The minimum Gasteiger partial charge on any atom is -0.301 e. The van der Waals surface area contributed by atoms with Crippen LogP contribution in [-0.2, 0) is 16.1 Å². The lowest BCUT2D eigenvalue weighted by atomic mass is 9.52. The Bertz CT molecular complexity index is 1360. The van der Waals surface area contributed by atoms with Gasteiger partial charge in [-0.2, -0.15) is 0 Å². The maximum atomic E-state index is 13.8. The highest BCUT2D eigenvalue weighted by Gasteiger charge is 2.60. The third kappa shape index (κ3) is 3.24. The zero-order valence-electron chi connectivity index (χ0n) is 19.1. The molecule has 0 saturated heterocycles. The average Bonchev–Trinajstić information content (AvgIpc) is 3.27. The molecule has 0 fully saturated rings. The number of thiazole rings is 1. The fourth-order valence-electron chi connectivity index (χ4n) is 5.83. The Morgan fingerprint density at radius 3 is 2.29 bits per heavy atom. The van der Waals surface area contributed by atoms with Crippen LogP contribution in [0.4, 0.5) is 5.13 Å². The van der Waals surface area contributed by atoms with Crippen LogP contribution in [0, 0.1) is 12.3 Å². The number of anilines is 1. The summed E-state index contributed by atoms with van der Waals surface area (Å²) in [5, 5.41) is 5.81. The van der Waals surface area contributed by atoms with Crippen molar-refractivity contribution >= 4 is 34.0 Å². The lowest BCUT2D eigenvalue weighted by Gasteiger charge is -2.54. The predicted octanol–water partition coefficient (Wildman–Crippen LogP) is 7.02. The number of aromatic nitrogens is 1. The van der Waals surface area contributed by atoms with Crippen molar-refractivity contribution in [1.82, 2.24) is 4.98 Å². The quantitative estimate of drug-likeness (QED) is 0.316. The first kappa shape index (κ1) is 21.6. The summed E-state index contributed by atoms with van der Waals surface area (Å²) in [5.74, 6) is -0.0738. The molecular weight excluding hydrogens is 460 g/mol. The Labute approximate surface area is 208 Å². The van der Waals surface area contributed by atoms with Crippen molar-refractivity contribution in [3.8, 4) is 0 Å². The Hall–Kier alpha value is -2.95. The molecule has 1 heterocycles. The van der Waals surface area contributed by atoms with Gasteiger partial charge < -0.3 is 5.32 Å². The number of carbonyl (C=O) groups excluding carboxylic acids is 1. The molecule has 0 radical (unpaired) electrons. The van der Waals surface area contributed by atoms with Crippen LogP contribution in [0.1, 0.15) is 58.3 Å². The topological polar surface area (TPSA) is 42.0 Å². The van der Waals surface area contributed by atoms with E-state index in [2.05, 4.69) is 67.7 Å². The van der Waals surface area contributed by atoms with Gasteiger partial charge in [-0.15, -0.1) is 22.9 Å². The molecule has 3 nitrogen and oxygen atoms in total. The van der Waals surface area contributed by atoms with E-state index in [0.29, 0.717) is 11.6 Å². The van der Waals surface area contributed by atoms with Gasteiger partial charge in [0.15, 0.2) is 5.13 Å². The lowest BCUT2D eigenvalue weighted by Crippen LogP contribution is -2.52. The van der Waals surface area contributed by atoms with E-state index in [1.807, 2.05) is 29.6 Å². The normalized spacial score (nSPS) is 24.4. The second-order valence-electron chi connectivity index (χ2n) is 9.76. The zero-order valence-corrected chi connectivity index (χ0v) is 20.7. The first-order valence-corrected chi connectivity index (χ1v) is 12.8. The summed E-state index contributed by atoms with van der Waals surface area (Å²) in [6.45, 7) is 4.14. The summed E-state index contributed by atoms with van der Waals surface area (Å²) in [6, 6.07) is 25.1. The van der Waals surface area contributed by atoms with E-state index < -0.39 is 10.3 Å². The molecule has 1 atom stereocenters. The first-order valence-electron chi connectivity index (χ1n) is 11.6. The van der Waals surface area contributed by atoms with Gasteiger partial charge in [0.1, 0.15) is 0 Å². The summed E-state index contributed by atoms with van der Waals surface area (Å²) in [7, 11) is 0. The van der Waals surface area contributed by atoms with E-state index in [9.17, 15) is 4.79 Å². The highest BCUT2D eigenvalue weighted by Crippen LogP contribution is 2.65. The van der Waals surface area contributed by atoms with Gasteiger partial charge in [0.25, 0.3) is 0 Å². The molecule has 1 N–H and O–H groups in total. The molecule has 0 aliphatic heterocycles. The van der Waals surface area contributed by atoms with Crippen LogP contribution in [-0.4, -0.2) is 10.9 Å². The van der Waals surface area contributed by atoms with Crippen LogP contribution in [0.3, 0.4) is 0 Å². The van der Waals surface area contributed by atoms with Crippen molar-refractivity contribution in [2.75, 3.05) is 5.32 Å². The highest BCUT2D eigenvalue weighted by atomic mass is 35.5. The van der Waals surface area contributed by atoms with Gasteiger partial charge in [0.2, 0.25) is 5.91 Å². The third-order valence-electron chi connectivity index (χ3n) is 7.44. The van der Waals surface area contributed by atoms with E-state index in [0.717, 1.165) is 34.4 Å². The van der Waals surface area contributed by atoms with Crippen molar-refractivity contribution in [2.24, 2.45) is 5.41 Å². The molecule has 3 aliphatic carbocycles. The van der Waals surface area contributed by atoms with Crippen molar-refractivity contribution in [1.29, 1.82) is 0 Å². The van der Waals surface area contributed by atoms with E-state index >= 15 is 0 Å². The molecule has 2 bridgehead atoms. The number of hydrogen-bond acceptors (Lipinski definition) is 3. The van der Waals surface area contributed by atoms with E-state index in [4.69, 9.17) is 16.6 Å². The molecule has 170 valence electrons. The Balaban J connectivity index is 1.31. The molecule has 3 aromatic carbocycles. The van der Waals surface area contributed by atoms with Gasteiger partial charge in [0, 0.05) is 17.7 Å². The number of carbonyl (C=O) groups is 1. The lowest BCUT2D eigenvalue weighted by molar-refractivity contribution is -0.127. The van der Waals surface area contributed by atoms with Crippen LogP contribution < -0.4 is 5.32 Å². The fraction of sp³-hybridized carbons (Fsp3) is 0.241. The number of halogens is 1. The summed E-state index contributed by atoms with van der Waals surface area (Å²) in [6.07, 6.45) is 1.30. The number of alkyl halides is 1. The van der Waals surface area contributed by atoms with Gasteiger partial charge in [-0.1, -0.05) is 78.4 Å². The summed E-state index contributed by atoms with van der Waals surface area (Å²) in [5.41, 5.74) is 7.28. The SMILES string of the molecule is Cc1ccc(Cc2csc(NC(=O)C3(C)CC4(Cl)c5ccccc5C3c3ccccc34)n2)cc1. The van der Waals surface area contributed by atoms with Gasteiger partial charge in [0.05, 0.1) is 16.0 Å². The number of rotatable bonds is 4. The average molecular weight is 485 g/mol. The molecule has 1 aromatic heterocycles. The number of nitrogens with zero attached hydrogens (tertiary/aromatic N) is 1. The van der Waals surface area contributed by atoms with Crippen molar-refractivity contribution < 1.29 is 4.79 Å². The minimum absolute atomic E-state index is 0.0252. The number of hydrogen-bond donors (Lipinski definition) is 1. The van der Waals surface area contributed by atoms with Crippen molar-refractivity contribution in [2.45, 2.75) is 37.5 Å².